The summed E-state index contributed by atoms with van der Waals surface area (Å²) in [5, 5.41) is 0. The van der Waals surface area contributed by atoms with E-state index in [-0.39, 0.29) is 16.7 Å². The highest BCUT2D eigenvalue weighted by Gasteiger charge is 2.33. The van der Waals surface area contributed by atoms with Gasteiger partial charge in [-0.25, -0.2) is 4.98 Å². The highest BCUT2D eigenvalue weighted by molar-refractivity contribution is 9.11. The van der Waals surface area contributed by atoms with Crippen molar-refractivity contribution < 1.29 is 17.9 Å². The summed E-state index contributed by atoms with van der Waals surface area (Å²) < 4.78 is 40.4. The molecule has 0 bridgehead atoms. The van der Waals surface area contributed by atoms with Crippen molar-refractivity contribution in [2.75, 3.05) is 0 Å². The molecule has 1 rings (SSSR count). The van der Waals surface area contributed by atoms with Crippen LogP contribution in [0.4, 0.5) is 13.2 Å². The van der Waals surface area contributed by atoms with Crippen molar-refractivity contribution in [3.8, 4) is 5.75 Å². The second-order valence-electron chi connectivity index (χ2n) is 2.45. The molecule has 0 spiro atoms. The smallest absolute Gasteiger partial charge is 0.403 e. The van der Waals surface area contributed by atoms with Crippen LogP contribution < -0.4 is 10.5 Å². The predicted molar refractivity (Wildman–Crippen MR) is 54.2 cm³/mol. The number of nitrogens with zero attached hydrogens (tertiary/aromatic N) is 1. The first-order chi connectivity index (χ1) is 6.83. The molecule has 0 saturated heterocycles. The molecule has 0 aromatic carbocycles. The Kier molecular flexibility index (Phi) is 3.96. The Labute approximate surface area is 100 Å². The van der Waals surface area contributed by atoms with Gasteiger partial charge in [0.05, 0.1) is 10.2 Å². The van der Waals surface area contributed by atoms with Gasteiger partial charge in [0.25, 0.3) is 0 Å². The summed E-state index contributed by atoms with van der Waals surface area (Å²) in [4.78, 5) is 3.77. The van der Waals surface area contributed by atoms with Gasteiger partial charge in [-0.3, -0.25) is 0 Å². The van der Waals surface area contributed by atoms with Crippen molar-refractivity contribution in [2.45, 2.75) is 12.9 Å². The van der Waals surface area contributed by atoms with Crippen LogP contribution in [0.15, 0.2) is 15.1 Å². The fourth-order valence-corrected chi connectivity index (χ4v) is 2.16. The fourth-order valence-electron chi connectivity index (χ4n) is 0.882. The average Bonchev–Trinajstić information content (AvgIpc) is 2.07. The molecule has 2 N–H and O–H groups in total. The first-order valence-electron chi connectivity index (χ1n) is 3.64. The molecule has 0 saturated carbocycles. The van der Waals surface area contributed by atoms with E-state index in [0.29, 0.717) is 4.60 Å². The van der Waals surface area contributed by atoms with Crippen LogP contribution >= 0.6 is 31.9 Å². The standard InChI is InChI=1S/C7H5Br2F3N2O/c8-3-1-5(9)14-4(2-13)6(3)15-7(10,11)12/h1H,2,13H2. The number of alkyl halides is 3. The van der Waals surface area contributed by atoms with Crippen LogP contribution in [0.2, 0.25) is 0 Å². The number of ether oxygens (including phenoxy) is 1. The Morgan fingerprint density at radius 2 is 2.00 bits per heavy atom. The van der Waals surface area contributed by atoms with Crippen LogP contribution in [0.25, 0.3) is 0 Å². The molecule has 0 aliphatic heterocycles. The minimum atomic E-state index is -4.76. The van der Waals surface area contributed by atoms with Crippen LogP contribution in [0.5, 0.6) is 5.75 Å². The van der Waals surface area contributed by atoms with Crippen molar-refractivity contribution in [3.05, 3.63) is 20.8 Å². The lowest BCUT2D eigenvalue weighted by molar-refractivity contribution is -0.275. The molecule has 8 heteroatoms. The number of pyridine rings is 1. The number of hydrogen-bond acceptors (Lipinski definition) is 3. The van der Waals surface area contributed by atoms with Gasteiger partial charge in [-0.15, -0.1) is 13.2 Å². The molecular formula is C7H5Br2F3N2O. The van der Waals surface area contributed by atoms with Crippen molar-refractivity contribution in [1.82, 2.24) is 4.98 Å². The van der Waals surface area contributed by atoms with E-state index in [0.717, 1.165) is 0 Å². The van der Waals surface area contributed by atoms with E-state index in [1.807, 2.05) is 0 Å². The molecular weight excluding hydrogens is 345 g/mol. The van der Waals surface area contributed by atoms with Gasteiger partial charge in [-0.1, -0.05) is 0 Å². The Hall–Kier alpha value is -0.340. The van der Waals surface area contributed by atoms with Crippen LogP contribution in [0, 0.1) is 0 Å². The summed E-state index contributed by atoms with van der Waals surface area (Å²) >= 11 is 5.97. The van der Waals surface area contributed by atoms with Crippen molar-refractivity contribution in [2.24, 2.45) is 5.73 Å². The van der Waals surface area contributed by atoms with Gasteiger partial charge < -0.3 is 10.5 Å². The highest BCUT2D eigenvalue weighted by Crippen LogP contribution is 2.34. The molecule has 15 heavy (non-hydrogen) atoms. The van der Waals surface area contributed by atoms with Crippen molar-refractivity contribution >= 4 is 31.9 Å². The van der Waals surface area contributed by atoms with E-state index in [4.69, 9.17) is 5.73 Å². The van der Waals surface area contributed by atoms with Gasteiger partial charge in [0, 0.05) is 6.54 Å². The minimum absolute atomic E-state index is 0.0218. The van der Waals surface area contributed by atoms with E-state index in [1.165, 1.54) is 6.07 Å². The summed E-state index contributed by atoms with van der Waals surface area (Å²) in [6.07, 6.45) is -4.76. The van der Waals surface area contributed by atoms with Gasteiger partial charge in [-0.2, -0.15) is 0 Å². The largest absolute Gasteiger partial charge is 0.573 e. The first kappa shape index (κ1) is 12.7. The summed E-state index contributed by atoms with van der Waals surface area (Å²) in [7, 11) is 0. The van der Waals surface area contributed by atoms with E-state index in [2.05, 4.69) is 41.6 Å². The number of rotatable bonds is 2. The van der Waals surface area contributed by atoms with E-state index < -0.39 is 12.1 Å². The second kappa shape index (κ2) is 4.67. The monoisotopic (exact) mass is 348 g/mol. The van der Waals surface area contributed by atoms with Gasteiger partial charge in [-0.05, 0) is 37.9 Å². The summed E-state index contributed by atoms with van der Waals surface area (Å²) in [5.74, 6) is -0.409. The number of aromatic nitrogens is 1. The lowest BCUT2D eigenvalue weighted by atomic mass is 10.3. The first-order valence-corrected chi connectivity index (χ1v) is 5.23. The van der Waals surface area contributed by atoms with Crippen molar-refractivity contribution in [1.29, 1.82) is 0 Å². The van der Waals surface area contributed by atoms with Crippen LogP contribution in [0.3, 0.4) is 0 Å². The Balaban J connectivity index is 3.15. The second-order valence-corrected chi connectivity index (χ2v) is 4.12. The third-order valence-electron chi connectivity index (χ3n) is 1.38. The molecule has 0 radical (unpaired) electrons. The lowest BCUT2D eigenvalue weighted by Crippen LogP contribution is -2.19. The zero-order valence-corrected chi connectivity index (χ0v) is 10.3. The summed E-state index contributed by atoms with van der Waals surface area (Å²) in [6.45, 7) is -0.149. The van der Waals surface area contributed by atoms with E-state index in [1.54, 1.807) is 0 Å². The minimum Gasteiger partial charge on any atom is -0.403 e. The maximum Gasteiger partial charge on any atom is 0.573 e. The summed E-state index contributed by atoms with van der Waals surface area (Å²) in [6, 6.07) is 1.35. The molecule has 0 amide bonds. The Morgan fingerprint density at radius 1 is 1.40 bits per heavy atom. The summed E-state index contributed by atoms with van der Waals surface area (Å²) in [5.41, 5.74) is 5.28. The Bertz CT molecular complexity index is 370. The molecule has 3 nitrogen and oxygen atoms in total. The Morgan fingerprint density at radius 3 is 2.47 bits per heavy atom. The molecule has 1 aromatic heterocycles. The van der Waals surface area contributed by atoms with Gasteiger partial charge in [0.2, 0.25) is 0 Å². The third kappa shape index (κ3) is 3.62. The molecule has 0 aliphatic rings. The predicted octanol–water partition coefficient (Wildman–Crippen LogP) is 2.96. The van der Waals surface area contributed by atoms with Crippen LogP contribution in [-0.2, 0) is 6.54 Å². The normalized spacial score (nSPS) is 11.6. The molecule has 0 aliphatic carbocycles. The number of hydrogen-bond donors (Lipinski definition) is 1. The van der Waals surface area contributed by atoms with Crippen molar-refractivity contribution in [3.63, 3.8) is 0 Å². The molecule has 0 unspecified atom stereocenters. The fraction of sp³-hybridized carbons (Fsp3) is 0.286. The average molecular weight is 350 g/mol. The number of halogens is 5. The van der Waals surface area contributed by atoms with Gasteiger partial charge >= 0.3 is 6.36 Å². The van der Waals surface area contributed by atoms with Gasteiger partial charge in [0.1, 0.15) is 4.60 Å². The quantitative estimate of drug-likeness (QED) is 0.835. The third-order valence-corrected chi connectivity index (χ3v) is 2.37. The topological polar surface area (TPSA) is 48.1 Å². The molecule has 84 valence electrons. The van der Waals surface area contributed by atoms with E-state index >= 15 is 0 Å². The zero-order chi connectivity index (χ0) is 11.6. The van der Waals surface area contributed by atoms with Gasteiger partial charge in [0.15, 0.2) is 5.75 Å². The molecule has 1 heterocycles. The zero-order valence-electron chi connectivity index (χ0n) is 7.11. The van der Waals surface area contributed by atoms with Crippen LogP contribution in [0.1, 0.15) is 5.69 Å². The SMILES string of the molecule is NCc1nc(Br)cc(Br)c1OC(F)(F)F. The maximum absolute atomic E-state index is 12.0. The highest BCUT2D eigenvalue weighted by atomic mass is 79.9. The molecule has 0 fully saturated rings. The van der Waals surface area contributed by atoms with Crippen LogP contribution in [-0.4, -0.2) is 11.3 Å². The number of nitrogens with two attached hydrogens (primary N) is 1. The lowest BCUT2D eigenvalue weighted by Gasteiger charge is -2.13. The maximum atomic E-state index is 12.0. The molecule has 0 atom stereocenters. The van der Waals surface area contributed by atoms with E-state index in [9.17, 15) is 13.2 Å². The molecule has 1 aromatic rings.